The number of nitrogens with zero attached hydrogens (tertiary/aromatic N) is 2. The predicted octanol–water partition coefficient (Wildman–Crippen LogP) is 5.69. The van der Waals surface area contributed by atoms with Gasteiger partial charge in [-0.15, -0.1) is 0 Å². The van der Waals surface area contributed by atoms with Gasteiger partial charge in [0, 0.05) is 23.1 Å². The SMILES string of the molecule is Cc1cccc(N(CC(=O)N(Cc2ccc(Cl)cc2)C(C)C(=O)NCC(C)C)S(=O)(=O)c2ccc(Cl)cc2)c1. The van der Waals surface area contributed by atoms with E-state index in [1.807, 2.05) is 26.8 Å². The van der Waals surface area contributed by atoms with Crippen LogP contribution in [0.3, 0.4) is 0 Å². The topological polar surface area (TPSA) is 86.8 Å². The highest BCUT2D eigenvalue weighted by molar-refractivity contribution is 7.92. The molecule has 1 unspecified atom stereocenters. The van der Waals surface area contributed by atoms with Gasteiger partial charge in [0.2, 0.25) is 11.8 Å². The van der Waals surface area contributed by atoms with E-state index in [0.717, 1.165) is 15.4 Å². The van der Waals surface area contributed by atoms with Crippen LogP contribution < -0.4 is 9.62 Å². The Morgan fingerprint density at radius 3 is 2.05 bits per heavy atom. The number of benzene rings is 3. The van der Waals surface area contributed by atoms with Gasteiger partial charge in [-0.1, -0.05) is 61.3 Å². The third-order valence-electron chi connectivity index (χ3n) is 6.09. The van der Waals surface area contributed by atoms with Crippen molar-refractivity contribution in [1.82, 2.24) is 10.2 Å². The van der Waals surface area contributed by atoms with Gasteiger partial charge in [-0.3, -0.25) is 13.9 Å². The number of aryl methyl sites for hydroxylation is 1. The second-order valence-corrected chi connectivity index (χ2v) is 12.5. The molecule has 0 aliphatic carbocycles. The fourth-order valence-electron chi connectivity index (χ4n) is 3.87. The van der Waals surface area contributed by atoms with Crippen LogP contribution in [0.4, 0.5) is 5.69 Å². The van der Waals surface area contributed by atoms with Crippen LogP contribution in [0.15, 0.2) is 77.7 Å². The highest BCUT2D eigenvalue weighted by Crippen LogP contribution is 2.26. The molecule has 0 bridgehead atoms. The third kappa shape index (κ3) is 8.21. The van der Waals surface area contributed by atoms with Crippen molar-refractivity contribution in [2.45, 2.75) is 45.2 Å². The molecule has 1 atom stereocenters. The van der Waals surface area contributed by atoms with Gasteiger partial charge in [0.1, 0.15) is 12.6 Å². The molecule has 7 nitrogen and oxygen atoms in total. The van der Waals surface area contributed by atoms with Crippen LogP contribution >= 0.6 is 23.2 Å². The lowest BCUT2D eigenvalue weighted by Crippen LogP contribution is -2.51. The number of amides is 2. The summed E-state index contributed by atoms with van der Waals surface area (Å²) in [7, 11) is -4.15. The average Bonchev–Trinajstić information content (AvgIpc) is 2.89. The zero-order valence-corrected chi connectivity index (χ0v) is 24.7. The zero-order chi connectivity index (χ0) is 28.7. The molecule has 39 heavy (non-hydrogen) atoms. The van der Waals surface area contributed by atoms with E-state index in [2.05, 4.69) is 5.32 Å². The molecule has 2 amide bonds. The maximum Gasteiger partial charge on any atom is 0.264 e. The van der Waals surface area contributed by atoms with Gasteiger partial charge < -0.3 is 10.2 Å². The summed E-state index contributed by atoms with van der Waals surface area (Å²) in [5, 5.41) is 3.80. The van der Waals surface area contributed by atoms with Gasteiger partial charge >= 0.3 is 0 Å². The van der Waals surface area contributed by atoms with Crippen LogP contribution in [-0.4, -0.2) is 44.3 Å². The zero-order valence-electron chi connectivity index (χ0n) is 22.4. The summed E-state index contributed by atoms with van der Waals surface area (Å²) in [6, 6.07) is 18.8. The summed E-state index contributed by atoms with van der Waals surface area (Å²) in [6.07, 6.45) is 0. The molecule has 3 rings (SSSR count). The molecule has 0 aromatic heterocycles. The summed E-state index contributed by atoms with van der Waals surface area (Å²) in [6.45, 7) is 7.46. The number of nitrogens with one attached hydrogen (secondary N) is 1. The van der Waals surface area contributed by atoms with E-state index in [4.69, 9.17) is 23.2 Å². The first-order valence-corrected chi connectivity index (χ1v) is 14.7. The first kappa shape index (κ1) is 30.5. The maximum absolute atomic E-state index is 13.9. The number of rotatable bonds is 11. The summed E-state index contributed by atoms with van der Waals surface area (Å²) in [5.41, 5.74) is 1.91. The van der Waals surface area contributed by atoms with Crippen LogP contribution in [0.1, 0.15) is 31.9 Å². The minimum absolute atomic E-state index is 0.00631. The van der Waals surface area contributed by atoms with Crippen molar-refractivity contribution in [3.05, 3.63) is 94.0 Å². The first-order valence-electron chi connectivity index (χ1n) is 12.5. The molecule has 0 saturated carbocycles. The van der Waals surface area contributed by atoms with Crippen LogP contribution in [0, 0.1) is 12.8 Å². The van der Waals surface area contributed by atoms with E-state index in [0.29, 0.717) is 22.3 Å². The van der Waals surface area contributed by atoms with Crippen molar-refractivity contribution in [2.24, 2.45) is 5.92 Å². The van der Waals surface area contributed by atoms with Crippen molar-refractivity contribution in [3.8, 4) is 0 Å². The Balaban J connectivity index is 2.01. The second-order valence-electron chi connectivity index (χ2n) is 9.77. The summed E-state index contributed by atoms with van der Waals surface area (Å²) < 4.78 is 28.7. The molecule has 208 valence electrons. The standard InChI is InChI=1S/C29H33Cl2N3O4S/c1-20(2)17-32-29(36)22(4)33(18-23-8-10-24(30)11-9-23)28(35)19-34(26-7-5-6-21(3)16-26)39(37,38)27-14-12-25(31)13-15-27/h5-16,20,22H,17-19H2,1-4H3,(H,32,36). The Hall–Kier alpha value is -3.07. The van der Waals surface area contributed by atoms with Crippen LogP contribution in [0.25, 0.3) is 0 Å². The fourth-order valence-corrected chi connectivity index (χ4v) is 5.53. The molecule has 0 spiro atoms. The molecule has 10 heteroatoms. The Morgan fingerprint density at radius 2 is 1.49 bits per heavy atom. The number of hydrogen-bond acceptors (Lipinski definition) is 4. The van der Waals surface area contributed by atoms with E-state index in [1.165, 1.54) is 29.2 Å². The van der Waals surface area contributed by atoms with Gasteiger partial charge in [0.25, 0.3) is 10.0 Å². The lowest BCUT2D eigenvalue weighted by Gasteiger charge is -2.32. The Morgan fingerprint density at radius 1 is 0.897 bits per heavy atom. The molecule has 3 aromatic rings. The molecule has 0 heterocycles. The molecule has 0 aliphatic rings. The minimum Gasteiger partial charge on any atom is -0.354 e. The quantitative estimate of drug-likeness (QED) is 0.311. The largest absolute Gasteiger partial charge is 0.354 e. The molecular formula is C29H33Cl2N3O4S. The number of carbonyl (C=O) groups is 2. The normalized spacial score (nSPS) is 12.2. The number of halogens is 2. The van der Waals surface area contributed by atoms with Gasteiger partial charge in [-0.25, -0.2) is 8.42 Å². The molecule has 0 fully saturated rings. The minimum atomic E-state index is -4.15. The fraction of sp³-hybridized carbons (Fsp3) is 0.310. The summed E-state index contributed by atoms with van der Waals surface area (Å²) in [4.78, 5) is 28.3. The predicted molar refractivity (Wildman–Crippen MR) is 156 cm³/mol. The Kier molecular flexibility index (Phi) is 10.4. The van der Waals surface area contributed by atoms with Crippen molar-refractivity contribution >= 4 is 50.7 Å². The van der Waals surface area contributed by atoms with E-state index in [9.17, 15) is 18.0 Å². The average molecular weight is 591 g/mol. The number of carbonyl (C=O) groups excluding carboxylic acids is 2. The molecule has 0 radical (unpaired) electrons. The van der Waals surface area contributed by atoms with E-state index < -0.39 is 28.5 Å². The lowest BCUT2D eigenvalue weighted by molar-refractivity contribution is -0.139. The monoisotopic (exact) mass is 589 g/mol. The van der Waals surface area contributed by atoms with E-state index in [-0.39, 0.29) is 23.3 Å². The van der Waals surface area contributed by atoms with E-state index >= 15 is 0 Å². The lowest BCUT2D eigenvalue weighted by atomic mass is 10.1. The van der Waals surface area contributed by atoms with Crippen LogP contribution in [-0.2, 0) is 26.2 Å². The van der Waals surface area contributed by atoms with Gasteiger partial charge in [-0.05, 0) is 79.4 Å². The molecule has 0 saturated heterocycles. The van der Waals surface area contributed by atoms with Crippen molar-refractivity contribution in [2.75, 3.05) is 17.4 Å². The smallest absolute Gasteiger partial charge is 0.264 e. The van der Waals surface area contributed by atoms with E-state index in [1.54, 1.807) is 49.4 Å². The number of anilines is 1. The van der Waals surface area contributed by atoms with Crippen LogP contribution in [0.5, 0.6) is 0 Å². The number of sulfonamides is 1. The van der Waals surface area contributed by atoms with Gasteiger partial charge in [0.15, 0.2) is 0 Å². The molecule has 3 aromatic carbocycles. The molecule has 0 aliphatic heterocycles. The molecule has 1 N–H and O–H groups in total. The van der Waals surface area contributed by atoms with Gasteiger partial charge in [0.05, 0.1) is 10.6 Å². The second kappa shape index (κ2) is 13.3. The number of hydrogen-bond donors (Lipinski definition) is 1. The first-order chi connectivity index (χ1) is 18.4. The molecular weight excluding hydrogens is 557 g/mol. The van der Waals surface area contributed by atoms with Gasteiger partial charge in [-0.2, -0.15) is 0 Å². The summed E-state index contributed by atoms with van der Waals surface area (Å²) in [5.74, 6) is -0.632. The highest BCUT2D eigenvalue weighted by atomic mass is 35.5. The summed E-state index contributed by atoms with van der Waals surface area (Å²) >= 11 is 12.0. The Labute approximate surface area is 240 Å². The van der Waals surface area contributed by atoms with Crippen LogP contribution in [0.2, 0.25) is 10.0 Å². The third-order valence-corrected chi connectivity index (χ3v) is 8.38. The van der Waals surface area contributed by atoms with Crippen molar-refractivity contribution in [1.29, 1.82) is 0 Å². The van der Waals surface area contributed by atoms with Crippen molar-refractivity contribution < 1.29 is 18.0 Å². The Bertz CT molecular complexity index is 1390. The highest BCUT2D eigenvalue weighted by Gasteiger charge is 2.32. The van der Waals surface area contributed by atoms with Crippen molar-refractivity contribution in [3.63, 3.8) is 0 Å². The maximum atomic E-state index is 13.9.